The Balaban J connectivity index is -0.000000154. The van der Waals surface area contributed by atoms with Crippen LogP contribution in [0.25, 0.3) is 0 Å². The number of carbonyl (C=O) groups excluding carboxylic acids is 2. The zero-order valence-corrected chi connectivity index (χ0v) is 32.7. The molecule has 0 saturated heterocycles. The van der Waals surface area contributed by atoms with Crippen molar-refractivity contribution < 1.29 is 81.0 Å². The molecule has 0 aliphatic carbocycles. The third-order valence-corrected chi connectivity index (χ3v) is 4.49. The van der Waals surface area contributed by atoms with Gasteiger partial charge in [0, 0.05) is 51.7 Å². The van der Waals surface area contributed by atoms with Crippen molar-refractivity contribution in [3.63, 3.8) is 0 Å². The SMILES string of the molecule is CCCCOC(=O)C(O)C(O)C(=O)OCCCC.[CH3-].[CH3-].[Hf].[Hf].[cH-]1[cH-][cH-][cH-][cH-]1.c1cc[cH-]c1.c1cc[cH-]c1.c1cc[cH-]c1. The maximum Gasteiger partial charge on any atom is 0.338 e. The number of hydrogen-bond acceptors (Lipinski definition) is 6. The Labute approximate surface area is 292 Å². The van der Waals surface area contributed by atoms with Crippen molar-refractivity contribution >= 4 is 11.9 Å². The van der Waals surface area contributed by atoms with Crippen LogP contribution in [0.3, 0.4) is 0 Å². The summed E-state index contributed by atoms with van der Waals surface area (Å²) in [7, 11) is 0. The molecular weight excluding hydrogens is 861 g/mol. The minimum atomic E-state index is -1.89. The fourth-order valence-corrected chi connectivity index (χ4v) is 2.35. The molecule has 0 saturated carbocycles. The van der Waals surface area contributed by atoms with Gasteiger partial charge in [0.2, 0.25) is 0 Å². The summed E-state index contributed by atoms with van der Waals surface area (Å²) in [6.45, 7) is 4.16. The number of hydrogen-bond donors (Lipinski definition) is 2. The Morgan fingerprint density at radius 2 is 0.810 bits per heavy atom. The molecule has 0 aliphatic rings. The van der Waals surface area contributed by atoms with Crippen molar-refractivity contribution in [2.24, 2.45) is 0 Å². The van der Waals surface area contributed by atoms with Crippen LogP contribution < -0.4 is 0 Å². The van der Waals surface area contributed by atoms with Crippen LogP contribution in [0.2, 0.25) is 0 Å². The number of aliphatic hydroxyl groups is 2. The Bertz CT molecular complexity index is 721. The van der Waals surface area contributed by atoms with Gasteiger partial charge in [-0.25, -0.2) is 46.0 Å². The van der Waals surface area contributed by atoms with E-state index in [0.29, 0.717) is 12.8 Å². The average molecular weight is 910 g/mol. The first-order valence-electron chi connectivity index (χ1n) is 12.9. The number of carbonyl (C=O) groups is 2. The van der Waals surface area contributed by atoms with Crippen LogP contribution in [0, 0.1) is 14.9 Å². The third kappa shape index (κ3) is 32.5. The van der Waals surface area contributed by atoms with Gasteiger partial charge in [0.1, 0.15) is 0 Å². The molecule has 8 heteroatoms. The third-order valence-electron chi connectivity index (χ3n) is 4.49. The number of rotatable bonds is 9. The molecule has 0 aromatic heterocycles. The van der Waals surface area contributed by atoms with Crippen molar-refractivity contribution in [1.82, 2.24) is 0 Å². The maximum atomic E-state index is 11.3. The number of ether oxygens (including phenoxy) is 2. The van der Waals surface area contributed by atoms with E-state index in [1.807, 2.05) is 135 Å². The minimum Gasteiger partial charge on any atom is -0.748 e. The van der Waals surface area contributed by atoms with Crippen molar-refractivity contribution in [3.05, 3.63) is 136 Å². The van der Waals surface area contributed by atoms with Crippen LogP contribution in [0.1, 0.15) is 39.5 Å². The molecule has 0 radical (unpaired) electrons. The molecule has 2 N–H and O–H groups in total. The first-order chi connectivity index (χ1) is 18.5. The van der Waals surface area contributed by atoms with Crippen LogP contribution in [0.4, 0.5) is 0 Å². The van der Waals surface area contributed by atoms with Crippen molar-refractivity contribution in [2.75, 3.05) is 13.2 Å². The molecule has 4 aromatic carbocycles. The van der Waals surface area contributed by atoms with Gasteiger partial charge in [0.15, 0.2) is 12.2 Å². The molecule has 0 heterocycles. The summed E-state index contributed by atoms with van der Waals surface area (Å²) in [5.74, 6) is -2.02. The van der Waals surface area contributed by atoms with Gasteiger partial charge < -0.3 is 64.9 Å². The second kappa shape index (κ2) is 39.0. The molecule has 42 heavy (non-hydrogen) atoms. The molecule has 2 atom stereocenters. The summed E-state index contributed by atoms with van der Waals surface area (Å²) in [5.41, 5.74) is 0. The summed E-state index contributed by atoms with van der Waals surface area (Å²) >= 11 is 0. The minimum absolute atomic E-state index is 0. The number of unbranched alkanes of at least 4 members (excludes halogenated alkanes) is 2. The van der Waals surface area contributed by atoms with Crippen LogP contribution in [0.15, 0.2) is 121 Å². The van der Waals surface area contributed by atoms with Crippen LogP contribution in [-0.4, -0.2) is 47.6 Å². The molecule has 0 spiro atoms. The maximum absolute atomic E-state index is 11.3. The predicted octanol–water partition coefficient (Wildman–Crippen LogP) is 6.91. The second-order valence-corrected chi connectivity index (χ2v) is 7.78. The second-order valence-electron chi connectivity index (χ2n) is 7.78. The van der Waals surface area contributed by atoms with Gasteiger partial charge >= 0.3 is 11.9 Å². The van der Waals surface area contributed by atoms with Crippen LogP contribution in [-0.2, 0) is 70.7 Å². The Hall–Kier alpha value is -2.00. The zero-order chi connectivity index (χ0) is 28.1. The predicted molar refractivity (Wildman–Crippen MR) is 165 cm³/mol. The van der Waals surface area contributed by atoms with E-state index in [-0.39, 0.29) is 79.8 Å². The van der Waals surface area contributed by atoms with Crippen molar-refractivity contribution in [3.8, 4) is 0 Å². The van der Waals surface area contributed by atoms with Crippen molar-refractivity contribution in [1.29, 1.82) is 0 Å². The van der Waals surface area contributed by atoms with E-state index in [9.17, 15) is 19.8 Å². The van der Waals surface area contributed by atoms with Gasteiger partial charge in [-0.3, -0.25) is 0 Å². The molecule has 4 rings (SSSR count). The summed E-state index contributed by atoms with van der Waals surface area (Å²) in [5, 5.41) is 18.8. The van der Waals surface area contributed by atoms with E-state index in [1.165, 1.54) is 0 Å². The van der Waals surface area contributed by atoms with E-state index < -0.39 is 24.1 Å². The normalized spacial score (nSPS) is 9.71. The van der Waals surface area contributed by atoms with Gasteiger partial charge in [0.25, 0.3) is 0 Å². The molecular formula is C34H48Hf2O6-10. The smallest absolute Gasteiger partial charge is 0.338 e. The van der Waals surface area contributed by atoms with Crippen LogP contribution >= 0.6 is 0 Å². The van der Waals surface area contributed by atoms with E-state index in [0.717, 1.165) is 12.8 Å². The Morgan fingerprint density at radius 1 is 0.571 bits per heavy atom. The number of esters is 2. The van der Waals surface area contributed by atoms with Crippen LogP contribution in [0.5, 0.6) is 0 Å². The molecule has 6 nitrogen and oxygen atoms in total. The first kappa shape index (κ1) is 49.7. The molecule has 0 aliphatic heterocycles. The Kier molecular flexibility index (Phi) is 46.1. The number of aliphatic hydroxyl groups excluding tert-OH is 2. The molecule has 0 bridgehead atoms. The van der Waals surface area contributed by atoms with Gasteiger partial charge in [-0.1, -0.05) is 26.7 Å². The molecule has 2 unspecified atom stereocenters. The monoisotopic (exact) mass is 912 g/mol. The van der Waals surface area contributed by atoms with E-state index in [4.69, 9.17) is 0 Å². The topological polar surface area (TPSA) is 93.1 Å². The standard InChI is InChI=1S/C12H22O6.4C5H5.2CH3.2Hf/c1-3-5-7-17-11(15)9(13)10(14)12(16)18-8-6-4-2;4*1-2-4-5-3-1;;;;/h9-10,13-14H,3-8H2,1-2H3;4*1-5H;2*1H3;;/q;-5;5*-1;;. The molecule has 0 amide bonds. The quantitative estimate of drug-likeness (QED) is 0.0822. The van der Waals surface area contributed by atoms with Gasteiger partial charge in [-0.05, 0) is 12.8 Å². The Morgan fingerprint density at radius 3 is 0.976 bits per heavy atom. The van der Waals surface area contributed by atoms with E-state index in [2.05, 4.69) is 9.47 Å². The van der Waals surface area contributed by atoms with Crippen molar-refractivity contribution in [2.45, 2.75) is 51.7 Å². The average Bonchev–Trinajstić information content (AvgIpc) is 3.79. The van der Waals surface area contributed by atoms with E-state index >= 15 is 0 Å². The molecule has 238 valence electrons. The first-order valence-corrected chi connectivity index (χ1v) is 12.9. The van der Waals surface area contributed by atoms with Gasteiger partial charge in [-0.15, -0.1) is 0 Å². The summed E-state index contributed by atoms with van der Waals surface area (Å²) in [6, 6.07) is 40.0. The summed E-state index contributed by atoms with van der Waals surface area (Å²) < 4.78 is 9.37. The fourth-order valence-electron chi connectivity index (χ4n) is 2.35. The largest absolute Gasteiger partial charge is 0.748 e. The summed E-state index contributed by atoms with van der Waals surface area (Å²) in [4.78, 5) is 22.5. The molecule has 0 fully saturated rings. The van der Waals surface area contributed by atoms with E-state index in [1.54, 1.807) is 0 Å². The zero-order valence-electron chi connectivity index (χ0n) is 25.5. The van der Waals surface area contributed by atoms with Gasteiger partial charge in [-0.2, -0.15) is 54.6 Å². The summed E-state index contributed by atoms with van der Waals surface area (Å²) in [6.07, 6.45) is -0.784. The molecule has 4 aromatic rings. The fraction of sp³-hybridized carbons (Fsp3) is 0.294. The van der Waals surface area contributed by atoms with Gasteiger partial charge in [0.05, 0.1) is 13.2 Å².